The zero-order valence-corrected chi connectivity index (χ0v) is 17.5. The summed E-state index contributed by atoms with van der Waals surface area (Å²) in [4.78, 5) is 10.3. The molecule has 0 amide bonds. The molecule has 6 nitrogen and oxygen atoms in total. The van der Waals surface area contributed by atoms with Gasteiger partial charge >= 0.3 is 0 Å². The first kappa shape index (κ1) is 20.4. The maximum absolute atomic E-state index is 10.7. The predicted molar refractivity (Wildman–Crippen MR) is 115 cm³/mol. The van der Waals surface area contributed by atoms with E-state index in [-0.39, 0.29) is 5.69 Å². The first-order chi connectivity index (χ1) is 13.4. The molecule has 0 atom stereocenters. The summed E-state index contributed by atoms with van der Waals surface area (Å²) in [6.45, 7) is 3.95. The number of hydrogen-bond donors (Lipinski definition) is 2. The molecule has 3 aromatic rings. The van der Waals surface area contributed by atoms with E-state index in [1.807, 2.05) is 31.2 Å². The SMILES string of the molecule is Cc1cc(-c2ccc(CNCCNc3ccc([N+](=O)[O-])cc3Cl)o2)ccc1Br. The Hall–Kier alpha value is -2.35. The van der Waals surface area contributed by atoms with Gasteiger partial charge in [-0.2, -0.15) is 0 Å². The fourth-order valence-electron chi connectivity index (χ4n) is 2.68. The van der Waals surface area contributed by atoms with Crippen LogP contribution in [-0.2, 0) is 6.54 Å². The minimum Gasteiger partial charge on any atom is -0.460 e. The van der Waals surface area contributed by atoms with Gasteiger partial charge in [0.05, 0.1) is 22.2 Å². The number of furan rings is 1. The molecule has 0 bridgehead atoms. The molecule has 28 heavy (non-hydrogen) atoms. The van der Waals surface area contributed by atoms with Crippen LogP contribution in [0.2, 0.25) is 5.02 Å². The monoisotopic (exact) mass is 463 g/mol. The average molecular weight is 465 g/mol. The van der Waals surface area contributed by atoms with Crippen LogP contribution >= 0.6 is 27.5 Å². The normalized spacial score (nSPS) is 10.8. The number of aryl methyl sites for hydroxylation is 1. The van der Waals surface area contributed by atoms with Crippen molar-refractivity contribution in [2.75, 3.05) is 18.4 Å². The van der Waals surface area contributed by atoms with Crippen molar-refractivity contribution < 1.29 is 9.34 Å². The molecule has 2 aromatic carbocycles. The quantitative estimate of drug-likeness (QED) is 0.251. The summed E-state index contributed by atoms with van der Waals surface area (Å²) in [7, 11) is 0. The largest absolute Gasteiger partial charge is 0.460 e. The molecule has 0 spiro atoms. The van der Waals surface area contributed by atoms with E-state index in [2.05, 4.69) is 32.6 Å². The van der Waals surface area contributed by atoms with Crippen LogP contribution in [0.3, 0.4) is 0 Å². The average Bonchev–Trinajstić information content (AvgIpc) is 3.13. The molecular weight excluding hydrogens is 446 g/mol. The number of nitro groups is 1. The Morgan fingerprint density at radius 1 is 1.14 bits per heavy atom. The van der Waals surface area contributed by atoms with Gasteiger partial charge in [0.25, 0.3) is 5.69 Å². The van der Waals surface area contributed by atoms with Crippen molar-refractivity contribution in [3.05, 3.63) is 79.5 Å². The molecule has 0 aliphatic rings. The molecule has 0 fully saturated rings. The molecule has 0 saturated carbocycles. The number of rotatable bonds is 8. The number of benzene rings is 2. The van der Waals surface area contributed by atoms with Gasteiger partial charge in [-0.1, -0.05) is 33.6 Å². The van der Waals surface area contributed by atoms with Crippen molar-refractivity contribution in [2.24, 2.45) is 0 Å². The van der Waals surface area contributed by atoms with Crippen LogP contribution in [0, 0.1) is 17.0 Å². The summed E-state index contributed by atoms with van der Waals surface area (Å²) >= 11 is 9.56. The Morgan fingerprint density at radius 2 is 1.96 bits per heavy atom. The van der Waals surface area contributed by atoms with Crippen molar-refractivity contribution in [1.82, 2.24) is 5.32 Å². The second-order valence-corrected chi connectivity index (χ2v) is 7.52. The van der Waals surface area contributed by atoms with E-state index in [4.69, 9.17) is 16.0 Å². The van der Waals surface area contributed by atoms with Gasteiger partial charge in [0.1, 0.15) is 11.5 Å². The molecule has 146 valence electrons. The number of nitro benzene ring substituents is 1. The van der Waals surface area contributed by atoms with Crippen LogP contribution in [0.25, 0.3) is 11.3 Å². The van der Waals surface area contributed by atoms with Crippen molar-refractivity contribution in [3.63, 3.8) is 0 Å². The Balaban J connectivity index is 1.46. The maximum Gasteiger partial charge on any atom is 0.271 e. The van der Waals surface area contributed by atoms with Crippen LogP contribution in [0.5, 0.6) is 0 Å². The third kappa shape index (κ3) is 5.13. The molecule has 1 aromatic heterocycles. The minimum atomic E-state index is -0.468. The number of non-ortho nitro benzene ring substituents is 1. The molecule has 2 N–H and O–H groups in total. The van der Waals surface area contributed by atoms with Crippen molar-refractivity contribution in [3.8, 4) is 11.3 Å². The lowest BCUT2D eigenvalue weighted by atomic mass is 10.1. The molecule has 8 heteroatoms. The molecule has 0 saturated heterocycles. The molecule has 0 aliphatic carbocycles. The van der Waals surface area contributed by atoms with E-state index in [0.717, 1.165) is 27.1 Å². The van der Waals surface area contributed by atoms with E-state index >= 15 is 0 Å². The first-order valence-corrected chi connectivity index (χ1v) is 9.85. The summed E-state index contributed by atoms with van der Waals surface area (Å²) in [6, 6.07) is 14.4. The number of anilines is 1. The van der Waals surface area contributed by atoms with E-state index < -0.39 is 4.92 Å². The number of hydrogen-bond acceptors (Lipinski definition) is 5. The van der Waals surface area contributed by atoms with E-state index in [0.29, 0.717) is 30.3 Å². The highest BCUT2D eigenvalue weighted by molar-refractivity contribution is 9.10. The minimum absolute atomic E-state index is 0.0248. The fraction of sp³-hybridized carbons (Fsp3) is 0.200. The summed E-state index contributed by atoms with van der Waals surface area (Å²) in [5.41, 5.74) is 2.84. The Bertz CT molecular complexity index is 991. The van der Waals surface area contributed by atoms with Gasteiger partial charge < -0.3 is 15.1 Å². The molecule has 0 radical (unpaired) electrons. The van der Waals surface area contributed by atoms with Gasteiger partial charge in [-0.05, 0) is 42.8 Å². The van der Waals surface area contributed by atoms with E-state index in [9.17, 15) is 10.1 Å². The predicted octanol–water partition coefficient (Wildman–Crippen LogP) is 5.78. The zero-order chi connectivity index (χ0) is 20.1. The molecule has 3 rings (SSSR count). The summed E-state index contributed by atoms with van der Waals surface area (Å²) < 4.78 is 6.98. The summed E-state index contributed by atoms with van der Waals surface area (Å²) in [5, 5.41) is 17.5. The van der Waals surface area contributed by atoms with Gasteiger partial charge in [0.15, 0.2) is 0 Å². The lowest BCUT2D eigenvalue weighted by Gasteiger charge is -2.08. The van der Waals surface area contributed by atoms with E-state index in [1.54, 1.807) is 6.07 Å². The van der Waals surface area contributed by atoms with Gasteiger partial charge in [0.2, 0.25) is 0 Å². The molecule has 1 heterocycles. The van der Waals surface area contributed by atoms with Gasteiger partial charge in [-0.3, -0.25) is 10.1 Å². The molecule has 0 unspecified atom stereocenters. The highest BCUT2D eigenvalue weighted by Gasteiger charge is 2.09. The fourth-order valence-corrected chi connectivity index (χ4v) is 3.17. The lowest BCUT2D eigenvalue weighted by molar-refractivity contribution is -0.384. The van der Waals surface area contributed by atoms with Crippen LogP contribution in [0.1, 0.15) is 11.3 Å². The Labute approximate surface area is 176 Å². The van der Waals surface area contributed by atoms with Crippen LogP contribution < -0.4 is 10.6 Å². The molecular formula is C20H19BrClN3O3. The van der Waals surface area contributed by atoms with E-state index in [1.165, 1.54) is 12.1 Å². The standard InChI is InChI=1S/C20H19BrClN3O3/c1-13-10-14(2-5-17(13)21)20-7-4-16(28-20)12-23-8-9-24-19-6-3-15(25(26)27)11-18(19)22/h2-7,10-11,23-24H,8-9,12H2,1H3. The Morgan fingerprint density at radius 3 is 2.68 bits per heavy atom. The smallest absolute Gasteiger partial charge is 0.271 e. The van der Waals surface area contributed by atoms with Crippen LogP contribution in [0.15, 0.2) is 57.4 Å². The third-order valence-electron chi connectivity index (χ3n) is 4.18. The van der Waals surface area contributed by atoms with Crippen molar-refractivity contribution in [2.45, 2.75) is 13.5 Å². The van der Waals surface area contributed by atoms with Crippen LogP contribution in [0.4, 0.5) is 11.4 Å². The van der Waals surface area contributed by atoms with Crippen molar-refractivity contribution in [1.29, 1.82) is 0 Å². The number of nitrogens with one attached hydrogen (secondary N) is 2. The Kier molecular flexibility index (Phi) is 6.72. The number of halogens is 2. The van der Waals surface area contributed by atoms with Crippen molar-refractivity contribution >= 4 is 38.9 Å². The first-order valence-electron chi connectivity index (χ1n) is 8.68. The van der Waals surface area contributed by atoms with Gasteiger partial charge in [-0.25, -0.2) is 0 Å². The lowest BCUT2D eigenvalue weighted by Crippen LogP contribution is -2.21. The third-order valence-corrected chi connectivity index (χ3v) is 5.39. The highest BCUT2D eigenvalue weighted by Crippen LogP contribution is 2.27. The van der Waals surface area contributed by atoms with Gasteiger partial charge in [-0.15, -0.1) is 0 Å². The summed E-state index contributed by atoms with van der Waals surface area (Å²) in [6.07, 6.45) is 0. The van der Waals surface area contributed by atoms with Gasteiger partial charge in [0, 0.05) is 35.3 Å². The highest BCUT2D eigenvalue weighted by atomic mass is 79.9. The second-order valence-electron chi connectivity index (χ2n) is 6.25. The number of nitrogens with zero attached hydrogens (tertiary/aromatic N) is 1. The second kappa shape index (κ2) is 9.23. The molecule has 0 aliphatic heterocycles. The maximum atomic E-state index is 10.7. The van der Waals surface area contributed by atoms with Crippen LogP contribution in [-0.4, -0.2) is 18.0 Å². The summed E-state index contributed by atoms with van der Waals surface area (Å²) in [5.74, 6) is 1.69. The topological polar surface area (TPSA) is 80.3 Å². The zero-order valence-electron chi connectivity index (χ0n) is 15.2.